The number of rotatable bonds is 2. The first-order chi connectivity index (χ1) is 5.61. The van der Waals surface area contributed by atoms with E-state index in [0.29, 0.717) is 0 Å². The van der Waals surface area contributed by atoms with Gasteiger partial charge in [-0.05, 0) is 0 Å². The molecular formula is C2H7N9O. The summed E-state index contributed by atoms with van der Waals surface area (Å²) in [7, 11) is 0. The van der Waals surface area contributed by atoms with Crippen molar-refractivity contribution in [2.24, 2.45) is 38.0 Å². The van der Waals surface area contributed by atoms with E-state index in [1.165, 1.54) is 0 Å². The molecule has 0 aromatic heterocycles. The highest BCUT2D eigenvalue weighted by Crippen LogP contribution is 1.88. The topological polar surface area (TPSA) is 172 Å². The van der Waals surface area contributed by atoms with E-state index < -0.39 is 11.9 Å². The highest BCUT2D eigenvalue weighted by atomic mass is 16.3. The zero-order chi connectivity index (χ0) is 9.56. The summed E-state index contributed by atoms with van der Waals surface area (Å²) >= 11 is 0. The van der Waals surface area contributed by atoms with Crippen LogP contribution in [0.15, 0.2) is 20.7 Å². The monoisotopic (exact) mass is 173 g/mol. The molecule has 0 saturated heterocycles. The third-order valence-electron chi connectivity index (χ3n) is 0.650. The molecule has 0 amide bonds. The van der Waals surface area contributed by atoms with E-state index in [4.69, 9.17) is 16.9 Å². The van der Waals surface area contributed by atoms with Crippen LogP contribution in [0.5, 0.6) is 0 Å². The second-order valence-electron chi connectivity index (χ2n) is 1.43. The number of guanidine groups is 2. The Labute approximate surface area is 66.5 Å². The summed E-state index contributed by atoms with van der Waals surface area (Å²) in [4.78, 5) is 9.88. The third-order valence-corrected chi connectivity index (χ3v) is 0.650. The van der Waals surface area contributed by atoms with Crippen LogP contribution in [0.4, 0.5) is 0 Å². The predicted molar refractivity (Wildman–Crippen MR) is 40.2 cm³/mol. The molecule has 0 heterocycles. The molecule has 7 N–H and O–H groups in total. The third kappa shape index (κ3) is 3.05. The summed E-state index contributed by atoms with van der Waals surface area (Å²) in [6.45, 7) is 0. The lowest BCUT2D eigenvalue weighted by atomic mass is 11.0. The summed E-state index contributed by atoms with van der Waals surface area (Å²) in [6, 6.07) is 0. The van der Waals surface area contributed by atoms with Crippen LogP contribution in [-0.4, -0.2) is 17.0 Å². The number of hydrogen-bond acceptors (Lipinski definition) is 5. The second kappa shape index (κ2) is 4.54. The minimum Gasteiger partial charge on any atom is -0.367 e. The highest BCUT2D eigenvalue weighted by molar-refractivity contribution is 5.81. The summed E-state index contributed by atoms with van der Waals surface area (Å²) in [6.07, 6.45) is 0. The van der Waals surface area contributed by atoms with Crippen LogP contribution in [0.2, 0.25) is 0 Å². The van der Waals surface area contributed by atoms with Crippen molar-refractivity contribution in [3.05, 3.63) is 4.91 Å². The van der Waals surface area contributed by atoms with Crippen LogP contribution in [0.3, 0.4) is 0 Å². The molecule has 10 heteroatoms. The zero-order valence-electron chi connectivity index (χ0n) is 5.88. The standard InChI is InChI=1S/C2H7N9O/c3-1(4)11(10-12)8-2(5)7-9-6/h(H3,3,4)(H4,5,6,7,8). The van der Waals surface area contributed by atoms with Gasteiger partial charge in [0.05, 0.1) is 5.29 Å². The molecule has 0 atom stereocenters. The zero-order valence-corrected chi connectivity index (χ0v) is 5.88. The molecule has 0 rings (SSSR count). The van der Waals surface area contributed by atoms with Crippen LogP contribution in [0, 0.1) is 10.3 Å². The number of nitrogens with zero attached hydrogens (tertiary/aromatic N) is 5. The minimum atomic E-state index is -0.694. The molecule has 10 nitrogen and oxygen atoms in total. The average Bonchev–Trinajstić information content (AvgIpc) is 2.00. The summed E-state index contributed by atoms with van der Waals surface area (Å²) in [5.74, 6) is 3.48. The van der Waals surface area contributed by atoms with Gasteiger partial charge < -0.3 is 17.3 Å². The number of nitroso groups, excluding NO2 is 1. The van der Waals surface area contributed by atoms with Gasteiger partial charge in [-0.2, -0.15) is 0 Å². The van der Waals surface area contributed by atoms with E-state index in [1.807, 2.05) is 0 Å². The maximum Gasteiger partial charge on any atom is 0.261 e. The van der Waals surface area contributed by atoms with Crippen LogP contribution >= 0.6 is 0 Å². The molecule has 0 aliphatic carbocycles. The SMILES string of the molecule is N=C(N)N(N=O)/N=C(N)/N=N/N. The molecule has 0 aliphatic rings. The molecule has 0 fully saturated rings. The highest BCUT2D eigenvalue weighted by Gasteiger charge is 2.04. The first-order valence-corrected chi connectivity index (χ1v) is 2.54. The fourth-order valence-corrected chi connectivity index (χ4v) is 0.292. The molecule has 0 bridgehead atoms. The maximum atomic E-state index is 9.88. The first kappa shape index (κ1) is 9.74. The Morgan fingerprint density at radius 1 is 1.42 bits per heavy atom. The number of hydrazone groups is 1. The van der Waals surface area contributed by atoms with Gasteiger partial charge in [0, 0.05) is 0 Å². The van der Waals surface area contributed by atoms with E-state index in [2.05, 4.69) is 26.6 Å². The van der Waals surface area contributed by atoms with Gasteiger partial charge in [-0.3, -0.25) is 5.41 Å². The average molecular weight is 173 g/mol. The number of hydrogen-bond donors (Lipinski definition) is 4. The summed E-state index contributed by atoms with van der Waals surface area (Å²) in [5, 5.41) is 18.1. The first-order valence-electron chi connectivity index (χ1n) is 2.54. The van der Waals surface area contributed by atoms with Crippen molar-refractivity contribution in [2.75, 3.05) is 0 Å². The van der Waals surface area contributed by atoms with Crippen LogP contribution in [0.25, 0.3) is 0 Å². The fourth-order valence-electron chi connectivity index (χ4n) is 0.292. The van der Waals surface area contributed by atoms with E-state index in [0.717, 1.165) is 0 Å². The Hall–Kier alpha value is -2.26. The largest absolute Gasteiger partial charge is 0.367 e. The lowest BCUT2D eigenvalue weighted by molar-refractivity contribution is 0.458. The van der Waals surface area contributed by atoms with E-state index in [1.54, 1.807) is 0 Å². The van der Waals surface area contributed by atoms with Crippen molar-refractivity contribution in [3.63, 3.8) is 0 Å². The molecule has 0 aromatic carbocycles. The van der Waals surface area contributed by atoms with Gasteiger partial charge in [0.2, 0.25) is 5.96 Å². The lowest BCUT2D eigenvalue weighted by Gasteiger charge is -2.03. The second-order valence-corrected chi connectivity index (χ2v) is 1.43. The van der Waals surface area contributed by atoms with Crippen molar-refractivity contribution in [1.29, 1.82) is 5.41 Å². The van der Waals surface area contributed by atoms with Crippen molar-refractivity contribution >= 4 is 11.9 Å². The molecule has 66 valence electrons. The minimum absolute atomic E-state index is 0.226. The Morgan fingerprint density at radius 3 is 2.33 bits per heavy atom. The number of nitrogens with two attached hydrogens (primary N) is 3. The van der Waals surface area contributed by atoms with Crippen LogP contribution < -0.4 is 17.3 Å². The molecule has 0 saturated carbocycles. The maximum absolute atomic E-state index is 9.88. The van der Waals surface area contributed by atoms with Gasteiger partial charge in [0.1, 0.15) is 0 Å². The summed E-state index contributed by atoms with van der Waals surface area (Å²) in [5.41, 5.74) is 9.86. The van der Waals surface area contributed by atoms with Crippen molar-refractivity contribution < 1.29 is 0 Å². The smallest absolute Gasteiger partial charge is 0.261 e. The van der Waals surface area contributed by atoms with E-state index in [-0.39, 0.29) is 5.12 Å². The van der Waals surface area contributed by atoms with Crippen molar-refractivity contribution in [3.8, 4) is 0 Å². The van der Waals surface area contributed by atoms with Crippen LogP contribution in [0.1, 0.15) is 0 Å². The van der Waals surface area contributed by atoms with Gasteiger partial charge in [0.15, 0.2) is 0 Å². The van der Waals surface area contributed by atoms with Gasteiger partial charge in [-0.1, -0.05) is 15.5 Å². The van der Waals surface area contributed by atoms with E-state index >= 15 is 0 Å². The van der Waals surface area contributed by atoms with Gasteiger partial charge >= 0.3 is 0 Å². The van der Waals surface area contributed by atoms with Gasteiger partial charge in [0.25, 0.3) is 5.96 Å². The fraction of sp³-hybridized carbons (Fsp3) is 0. The van der Waals surface area contributed by atoms with Crippen molar-refractivity contribution in [2.45, 2.75) is 0 Å². The predicted octanol–water partition coefficient (Wildman–Crippen LogP) is -1.58. The molecule has 0 aliphatic heterocycles. The Morgan fingerprint density at radius 2 is 2.00 bits per heavy atom. The summed E-state index contributed by atoms with van der Waals surface area (Å²) < 4.78 is 0. The normalized spacial score (nSPS) is 11.5. The van der Waals surface area contributed by atoms with Crippen molar-refractivity contribution in [1.82, 2.24) is 5.12 Å². The molecule has 0 spiro atoms. The Kier molecular flexibility index (Phi) is 3.68. The molecule has 12 heavy (non-hydrogen) atoms. The Bertz CT molecular complexity index is 229. The quantitative estimate of drug-likeness (QED) is 0.0982. The Balaban J connectivity index is 4.45. The van der Waals surface area contributed by atoms with E-state index in [9.17, 15) is 4.91 Å². The molecule has 0 radical (unpaired) electrons. The van der Waals surface area contributed by atoms with Crippen LogP contribution in [-0.2, 0) is 0 Å². The molecule has 0 aromatic rings. The molecular weight excluding hydrogens is 166 g/mol. The number of nitrogens with one attached hydrogen (secondary N) is 1. The lowest BCUT2D eigenvalue weighted by Crippen LogP contribution is -2.29. The molecule has 0 unspecified atom stereocenters. The van der Waals surface area contributed by atoms with Gasteiger partial charge in [-0.25, -0.2) is 0 Å². The van der Waals surface area contributed by atoms with Gasteiger partial charge in [-0.15, -0.1) is 10.0 Å².